The second kappa shape index (κ2) is 6.35. The third kappa shape index (κ3) is 3.25. The number of hydrogen-bond acceptors (Lipinski definition) is 3. The van der Waals surface area contributed by atoms with Gasteiger partial charge < -0.3 is 10.6 Å². The Morgan fingerprint density at radius 1 is 1.26 bits per heavy atom. The summed E-state index contributed by atoms with van der Waals surface area (Å²) in [4.78, 5) is 4.72. The maximum Gasteiger partial charge on any atom is 0.130 e. The van der Waals surface area contributed by atoms with Crippen molar-refractivity contribution in [3.63, 3.8) is 0 Å². The van der Waals surface area contributed by atoms with Crippen molar-refractivity contribution in [2.24, 2.45) is 5.73 Å². The number of halogens is 1. The zero-order chi connectivity index (χ0) is 13.8. The van der Waals surface area contributed by atoms with Crippen LogP contribution in [0.3, 0.4) is 0 Å². The molecule has 4 heteroatoms. The van der Waals surface area contributed by atoms with Crippen LogP contribution < -0.4 is 10.6 Å². The standard InChI is InChI=1S/C15H24FN3/c1-3-7-18-8-10-19(11-9-18)14-6-4-5-13(16)15(14)12(2)17/h4-6,12H,3,7-11,17H2,1-2H3/t12-/m0/s1. The zero-order valence-electron chi connectivity index (χ0n) is 11.9. The van der Waals surface area contributed by atoms with E-state index in [9.17, 15) is 4.39 Å². The van der Waals surface area contributed by atoms with Gasteiger partial charge in [0, 0.05) is 43.5 Å². The molecule has 0 aliphatic carbocycles. The third-order valence-electron chi connectivity index (χ3n) is 3.74. The Balaban J connectivity index is 2.13. The highest BCUT2D eigenvalue weighted by Crippen LogP contribution is 2.28. The zero-order valence-corrected chi connectivity index (χ0v) is 11.9. The van der Waals surface area contributed by atoms with Crippen molar-refractivity contribution in [3.8, 4) is 0 Å². The number of anilines is 1. The van der Waals surface area contributed by atoms with E-state index in [-0.39, 0.29) is 11.9 Å². The molecule has 1 aromatic carbocycles. The normalized spacial score (nSPS) is 18.6. The minimum absolute atomic E-state index is 0.191. The molecule has 3 nitrogen and oxygen atoms in total. The Labute approximate surface area is 115 Å². The van der Waals surface area contributed by atoms with Gasteiger partial charge in [-0.3, -0.25) is 4.90 Å². The van der Waals surface area contributed by atoms with Crippen LogP contribution in [-0.2, 0) is 0 Å². The lowest BCUT2D eigenvalue weighted by Crippen LogP contribution is -2.47. The lowest BCUT2D eigenvalue weighted by Gasteiger charge is -2.37. The first-order valence-corrected chi connectivity index (χ1v) is 7.14. The van der Waals surface area contributed by atoms with Gasteiger partial charge in [0.25, 0.3) is 0 Å². The summed E-state index contributed by atoms with van der Waals surface area (Å²) < 4.78 is 13.9. The average molecular weight is 265 g/mol. The summed E-state index contributed by atoms with van der Waals surface area (Å²) >= 11 is 0. The van der Waals surface area contributed by atoms with Crippen LogP contribution in [0.5, 0.6) is 0 Å². The van der Waals surface area contributed by atoms with E-state index in [0.717, 1.165) is 38.4 Å². The van der Waals surface area contributed by atoms with Gasteiger partial charge in [-0.25, -0.2) is 4.39 Å². The van der Waals surface area contributed by atoms with Gasteiger partial charge in [-0.2, -0.15) is 0 Å². The van der Waals surface area contributed by atoms with Crippen LogP contribution in [0.1, 0.15) is 31.9 Å². The predicted octanol–water partition coefficient (Wildman–Crippen LogP) is 2.38. The Hall–Kier alpha value is -1.13. The number of hydrogen-bond donors (Lipinski definition) is 1. The summed E-state index contributed by atoms with van der Waals surface area (Å²) in [5.74, 6) is -0.191. The lowest BCUT2D eigenvalue weighted by atomic mass is 10.0. The molecule has 0 saturated carbocycles. The predicted molar refractivity (Wildman–Crippen MR) is 77.9 cm³/mol. The first-order chi connectivity index (χ1) is 9.13. The minimum atomic E-state index is -0.273. The summed E-state index contributed by atoms with van der Waals surface area (Å²) in [5.41, 5.74) is 7.53. The second-order valence-electron chi connectivity index (χ2n) is 5.29. The van der Waals surface area contributed by atoms with E-state index in [1.807, 2.05) is 13.0 Å². The molecular formula is C15H24FN3. The molecule has 1 atom stereocenters. The molecular weight excluding hydrogens is 241 g/mol. The molecule has 0 bridgehead atoms. The Morgan fingerprint density at radius 3 is 2.53 bits per heavy atom. The fourth-order valence-corrected chi connectivity index (χ4v) is 2.78. The highest BCUT2D eigenvalue weighted by molar-refractivity contribution is 5.55. The Kier molecular flexibility index (Phi) is 4.77. The van der Waals surface area contributed by atoms with Crippen molar-refractivity contribution in [2.45, 2.75) is 26.3 Å². The highest BCUT2D eigenvalue weighted by atomic mass is 19.1. The summed E-state index contributed by atoms with van der Waals surface area (Å²) in [5, 5.41) is 0. The van der Waals surface area contributed by atoms with E-state index >= 15 is 0 Å². The highest BCUT2D eigenvalue weighted by Gasteiger charge is 2.21. The third-order valence-corrected chi connectivity index (χ3v) is 3.74. The molecule has 2 rings (SSSR count). The molecule has 0 aromatic heterocycles. The minimum Gasteiger partial charge on any atom is -0.369 e. The van der Waals surface area contributed by atoms with Gasteiger partial charge in [-0.15, -0.1) is 0 Å². The molecule has 0 radical (unpaired) electrons. The van der Waals surface area contributed by atoms with Crippen molar-refractivity contribution in [2.75, 3.05) is 37.6 Å². The van der Waals surface area contributed by atoms with Crippen LogP contribution in [-0.4, -0.2) is 37.6 Å². The fraction of sp³-hybridized carbons (Fsp3) is 0.600. The molecule has 19 heavy (non-hydrogen) atoms. The molecule has 1 aliphatic rings. The van der Waals surface area contributed by atoms with Gasteiger partial charge in [0.2, 0.25) is 0 Å². The van der Waals surface area contributed by atoms with Crippen molar-refractivity contribution in [3.05, 3.63) is 29.6 Å². The fourth-order valence-electron chi connectivity index (χ4n) is 2.78. The summed E-state index contributed by atoms with van der Waals surface area (Å²) in [6, 6.07) is 4.98. The van der Waals surface area contributed by atoms with Gasteiger partial charge >= 0.3 is 0 Å². The summed E-state index contributed by atoms with van der Waals surface area (Å²) in [6.45, 7) is 9.18. The van der Waals surface area contributed by atoms with Crippen molar-refractivity contribution in [1.29, 1.82) is 0 Å². The van der Waals surface area contributed by atoms with Crippen LogP contribution in [0, 0.1) is 5.82 Å². The largest absolute Gasteiger partial charge is 0.369 e. The number of benzene rings is 1. The molecule has 1 saturated heterocycles. The molecule has 1 aliphatic heterocycles. The number of nitrogens with zero attached hydrogens (tertiary/aromatic N) is 2. The Bertz CT molecular complexity index is 412. The maximum atomic E-state index is 13.9. The SMILES string of the molecule is CCCN1CCN(c2cccc(F)c2[C@H](C)N)CC1. The summed E-state index contributed by atoms with van der Waals surface area (Å²) in [6.07, 6.45) is 1.19. The van der Waals surface area contributed by atoms with Crippen LogP contribution in [0.4, 0.5) is 10.1 Å². The van der Waals surface area contributed by atoms with Crippen molar-refractivity contribution >= 4 is 5.69 Å². The number of rotatable bonds is 4. The molecule has 0 unspecified atom stereocenters. The molecule has 0 spiro atoms. The topological polar surface area (TPSA) is 32.5 Å². The van der Waals surface area contributed by atoms with Gasteiger partial charge in [-0.1, -0.05) is 13.0 Å². The second-order valence-corrected chi connectivity index (χ2v) is 5.29. The monoisotopic (exact) mass is 265 g/mol. The number of nitrogens with two attached hydrogens (primary N) is 1. The Morgan fingerprint density at radius 2 is 1.95 bits per heavy atom. The van der Waals surface area contributed by atoms with Crippen LogP contribution >= 0.6 is 0 Å². The smallest absolute Gasteiger partial charge is 0.130 e. The lowest BCUT2D eigenvalue weighted by molar-refractivity contribution is 0.258. The average Bonchev–Trinajstić information content (AvgIpc) is 2.39. The van der Waals surface area contributed by atoms with Gasteiger partial charge in [0.1, 0.15) is 5.82 Å². The number of piperazine rings is 1. The summed E-state index contributed by atoms with van der Waals surface area (Å²) in [7, 11) is 0. The van der Waals surface area contributed by atoms with E-state index in [0.29, 0.717) is 5.56 Å². The van der Waals surface area contributed by atoms with E-state index in [1.165, 1.54) is 12.5 Å². The van der Waals surface area contributed by atoms with Crippen molar-refractivity contribution in [1.82, 2.24) is 4.90 Å². The molecule has 2 N–H and O–H groups in total. The van der Waals surface area contributed by atoms with Crippen LogP contribution in [0.15, 0.2) is 18.2 Å². The van der Waals surface area contributed by atoms with Crippen LogP contribution in [0.2, 0.25) is 0 Å². The van der Waals surface area contributed by atoms with Gasteiger partial charge in [0.15, 0.2) is 0 Å². The van der Waals surface area contributed by atoms with E-state index in [2.05, 4.69) is 16.7 Å². The maximum absolute atomic E-state index is 13.9. The molecule has 1 aromatic rings. The quantitative estimate of drug-likeness (QED) is 0.907. The van der Waals surface area contributed by atoms with E-state index in [4.69, 9.17) is 5.73 Å². The van der Waals surface area contributed by atoms with Gasteiger partial charge in [0.05, 0.1) is 0 Å². The first kappa shape index (κ1) is 14.3. The van der Waals surface area contributed by atoms with Crippen LogP contribution in [0.25, 0.3) is 0 Å². The first-order valence-electron chi connectivity index (χ1n) is 7.14. The van der Waals surface area contributed by atoms with Gasteiger partial charge in [-0.05, 0) is 32.0 Å². The molecule has 1 fully saturated rings. The molecule has 0 amide bonds. The molecule has 106 valence electrons. The molecule has 1 heterocycles. The van der Waals surface area contributed by atoms with E-state index < -0.39 is 0 Å². The van der Waals surface area contributed by atoms with E-state index in [1.54, 1.807) is 6.07 Å². The van der Waals surface area contributed by atoms with Crippen molar-refractivity contribution < 1.29 is 4.39 Å².